The lowest BCUT2D eigenvalue weighted by molar-refractivity contribution is 0.527. The number of benzene rings is 1. The molecule has 0 aliphatic heterocycles. The van der Waals surface area contributed by atoms with Crippen LogP contribution in [-0.4, -0.2) is 11.5 Å². The van der Waals surface area contributed by atoms with Gasteiger partial charge in [-0.2, -0.15) is 0 Å². The zero-order chi connectivity index (χ0) is 14.4. The van der Waals surface area contributed by atoms with E-state index < -0.39 is 0 Å². The SMILES string of the molecule is CCCNC(Cc1ccccc1Br)c1cncc(C)c1. The second-order valence-electron chi connectivity index (χ2n) is 5.10. The molecule has 3 heteroatoms. The van der Waals surface area contributed by atoms with Crippen molar-refractivity contribution in [3.8, 4) is 0 Å². The number of pyridine rings is 1. The maximum Gasteiger partial charge on any atom is 0.0376 e. The Labute approximate surface area is 129 Å². The number of aryl methyl sites for hydroxylation is 1. The van der Waals surface area contributed by atoms with Crippen LogP contribution in [0.25, 0.3) is 0 Å². The van der Waals surface area contributed by atoms with Gasteiger partial charge in [0, 0.05) is 22.9 Å². The quantitative estimate of drug-likeness (QED) is 0.846. The molecule has 2 rings (SSSR count). The number of hydrogen-bond acceptors (Lipinski definition) is 2. The highest BCUT2D eigenvalue weighted by Gasteiger charge is 2.13. The van der Waals surface area contributed by atoms with Crippen LogP contribution in [0.4, 0.5) is 0 Å². The molecular weight excluding hydrogens is 312 g/mol. The molecule has 0 aliphatic carbocycles. The average Bonchev–Trinajstić information content (AvgIpc) is 2.45. The maximum atomic E-state index is 4.33. The van der Waals surface area contributed by atoms with Crippen LogP contribution in [0.3, 0.4) is 0 Å². The van der Waals surface area contributed by atoms with Crippen molar-refractivity contribution in [2.75, 3.05) is 6.54 Å². The van der Waals surface area contributed by atoms with Gasteiger partial charge in [-0.1, -0.05) is 47.1 Å². The Morgan fingerprint density at radius 2 is 2.05 bits per heavy atom. The minimum Gasteiger partial charge on any atom is -0.310 e. The summed E-state index contributed by atoms with van der Waals surface area (Å²) >= 11 is 3.64. The third-order valence-corrected chi connectivity index (χ3v) is 4.09. The van der Waals surface area contributed by atoms with Crippen LogP contribution < -0.4 is 5.32 Å². The van der Waals surface area contributed by atoms with E-state index in [2.05, 4.69) is 70.4 Å². The molecule has 1 unspecified atom stereocenters. The number of halogens is 1. The average molecular weight is 333 g/mol. The number of rotatable bonds is 6. The van der Waals surface area contributed by atoms with Gasteiger partial charge in [0.1, 0.15) is 0 Å². The second kappa shape index (κ2) is 7.55. The van der Waals surface area contributed by atoms with Gasteiger partial charge in [-0.3, -0.25) is 4.98 Å². The number of aromatic nitrogens is 1. The molecule has 2 nitrogen and oxygen atoms in total. The summed E-state index contributed by atoms with van der Waals surface area (Å²) in [4.78, 5) is 4.33. The Bertz CT molecular complexity index is 554. The zero-order valence-electron chi connectivity index (χ0n) is 12.1. The van der Waals surface area contributed by atoms with Crippen molar-refractivity contribution in [1.82, 2.24) is 10.3 Å². The molecule has 1 heterocycles. The summed E-state index contributed by atoms with van der Waals surface area (Å²) in [6, 6.07) is 10.9. The highest BCUT2D eigenvalue weighted by atomic mass is 79.9. The van der Waals surface area contributed by atoms with Crippen LogP contribution in [0.15, 0.2) is 47.2 Å². The van der Waals surface area contributed by atoms with Gasteiger partial charge in [-0.15, -0.1) is 0 Å². The first-order chi connectivity index (χ1) is 9.70. The molecule has 0 saturated heterocycles. The topological polar surface area (TPSA) is 24.9 Å². The van der Waals surface area contributed by atoms with Crippen molar-refractivity contribution in [3.63, 3.8) is 0 Å². The lowest BCUT2D eigenvalue weighted by atomic mass is 9.99. The molecule has 0 fully saturated rings. The maximum absolute atomic E-state index is 4.33. The zero-order valence-corrected chi connectivity index (χ0v) is 13.7. The normalized spacial score (nSPS) is 12.3. The van der Waals surface area contributed by atoms with Gasteiger partial charge in [0.2, 0.25) is 0 Å². The summed E-state index contributed by atoms with van der Waals surface area (Å²) in [5.41, 5.74) is 3.79. The third kappa shape index (κ3) is 4.15. The fourth-order valence-corrected chi connectivity index (χ4v) is 2.73. The molecule has 1 aromatic heterocycles. The Morgan fingerprint density at radius 3 is 2.75 bits per heavy atom. The van der Waals surface area contributed by atoms with Gasteiger partial charge >= 0.3 is 0 Å². The summed E-state index contributed by atoms with van der Waals surface area (Å²) in [5.74, 6) is 0. The summed E-state index contributed by atoms with van der Waals surface area (Å²) < 4.78 is 1.17. The van der Waals surface area contributed by atoms with E-state index in [1.807, 2.05) is 12.4 Å². The van der Waals surface area contributed by atoms with E-state index in [4.69, 9.17) is 0 Å². The van der Waals surface area contributed by atoms with Crippen LogP contribution in [0.2, 0.25) is 0 Å². The first kappa shape index (κ1) is 15.2. The Kier molecular flexibility index (Phi) is 5.74. The molecule has 1 aromatic carbocycles. The van der Waals surface area contributed by atoms with Crippen molar-refractivity contribution in [2.24, 2.45) is 0 Å². The van der Waals surface area contributed by atoms with E-state index in [0.717, 1.165) is 19.4 Å². The lowest BCUT2D eigenvalue weighted by Crippen LogP contribution is -2.24. The molecular formula is C17H21BrN2. The first-order valence-electron chi connectivity index (χ1n) is 7.09. The molecule has 20 heavy (non-hydrogen) atoms. The van der Waals surface area contributed by atoms with Crippen LogP contribution >= 0.6 is 15.9 Å². The van der Waals surface area contributed by atoms with Crippen LogP contribution in [-0.2, 0) is 6.42 Å². The molecule has 1 atom stereocenters. The minimum absolute atomic E-state index is 0.307. The highest BCUT2D eigenvalue weighted by molar-refractivity contribution is 9.10. The highest BCUT2D eigenvalue weighted by Crippen LogP contribution is 2.24. The molecule has 0 radical (unpaired) electrons. The fraction of sp³-hybridized carbons (Fsp3) is 0.353. The molecule has 2 aromatic rings. The van der Waals surface area contributed by atoms with Crippen molar-refractivity contribution in [1.29, 1.82) is 0 Å². The number of hydrogen-bond donors (Lipinski definition) is 1. The van der Waals surface area contributed by atoms with E-state index in [1.54, 1.807) is 0 Å². The number of nitrogens with one attached hydrogen (secondary N) is 1. The van der Waals surface area contributed by atoms with Gasteiger partial charge in [0.05, 0.1) is 0 Å². The standard InChI is InChI=1S/C17H21BrN2/c1-3-8-20-17(15-9-13(2)11-19-12-15)10-14-6-4-5-7-16(14)18/h4-7,9,11-12,17,20H,3,8,10H2,1-2H3. The van der Waals surface area contributed by atoms with E-state index in [1.165, 1.54) is 21.2 Å². The first-order valence-corrected chi connectivity index (χ1v) is 7.88. The van der Waals surface area contributed by atoms with E-state index in [0.29, 0.717) is 6.04 Å². The van der Waals surface area contributed by atoms with E-state index in [-0.39, 0.29) is 0 Å². The molecule has 0 aliphatic rings. The molecule has 0 amide bonds. The molecule has 106 valence electrons. The summed E-state index contributed by atoms with van der Waals surface area (Å²) in [5, 5.41) is 3.63. The molecule has 0 bridgehead atoms. The van der Waals surface area contributed by atoms with Gasteiger partial charge in [-0.05, 0) is 49.1 Å². The molecule has 1 N–H and O–H groups in total. The van der Waals surface area contributed by atoms with Crippen LogP contribution in [0.5, 0.6) is 0 Å². The van der Waals surface area contributed by atoms with Gasteiger partial charge in [0.25, 0.3) is 0 Å². The minimum atomic E-state index is 0.307. The Morgan fingerprint density at radius 1 is 1.25 bits per heavy atom. The second-order valence-corrected chi connectivity index (χ2v) is 5.95. The van der Waals surface area contributed by atoms with Gasteiger partial charge < -0.3 is 5.32 Å². The number of nitrogens with zero attached hydrogens (tertiary/aromatic N) is 1. The van der Waals surface area contributed by atoms with Crippen molar-refractivity contribution in [3.05, 3.63) is 63.9 Å². The third-order valence-electron chi connectivity index (χ3n) is 3.32. The van der Waals surface area contributed by atoms with Crippen LogP contribution in [0, 0.1) is 6.92 Å². The van der Waals surface area contributed by atoms with Gasteiger partial charge in [-0.25, -0.2) is 0 Å². The largest absolute Gasteiger partial charge is 0.310 e. The Balaban J connectivity index is 2.21. The van der Waals surface area contributed by atoms with E-state index in [9.17, 15) is 0 Å². The monoisotopic (exact) mass is 332 g/mol. The van der Waals surface area contributed by atoms with Crippen molar-refractivity contribution in [2.45, 2.75) is 32.7 Å². The van der Waals surface area contributed by atoms with Crippen molar-refractivity contribution < 1.29 is 0 Å². The Hall–Kier alpha value is -1.19. The summed E-state index contributed by atoms with van der Waals surface area (Å²) in [6.07, 6.45) is 5.97. The summed E-state index contributed by atoms with van der Waals surface area (Å²) in [7, 11) is 0. The van der Waals surface area contributed by atoms with Crippen LogP contribution in [0.1, 0.15) is 36.1 Å². The lowest BCUT2D eigenvalue weighted by Gasteiger charge is -2.20. The van der Waals surface area contributed by atoms with E-state index >= 15 is 0 Å². The van der Waals surface area contributed by atoms with Crippen molar-refractivity contribution >= 4 is 15.9 Å². The molecule has 0 saturated carbocycles. The molecule has 0 spiro atoms. The predicted molar refractivity (Wildman–Crippen MR) is 87.9 cm³/mol. The predicted octanol–water partition coefficient (Wildman–Crippen LogP) is 4.44. The summed E-state index contributed by atoms with van der Waals surface area (Å²) in [6.45, 7) is 5.30. The van der Waals surface area contributed by atoms with Gasteiger partial charge in [0.15, 0.2) is 0 Å². The smallest absolute Gasteiger partial charge is 0.0376 e. The fourth-order valence-electron chi connectivity index (χ4n) is 2.28.